The van der Waals surface area contributed by atoms with Crippen molar-refractivity contribution in [3.63, 3.8) is 0 Å². The molecule has 0 aromatic heterocycles. The van der Waals surface area contributed by atoms with E-state index < -0.39 is 11.8 Å². The van der Waals surface area contributed by atoms with E-state index in [-0.39, 0.29) is 23.5 Å². The number of benzene rings is 2. The van der Waals surface area contributed by atoms with Crippen LogP contribution in [0.5, 0.6) is 0 Å². The molecule has 8 heteroatoms. The molecule has 0 saturated heterocycles. The summed E-state index contributed by atoms with van der Waals surface area (Å²) in [5.41, 5.74) is 3.20. The van der Waals surface area contributed by atoms with Gasteiger partial charge in [-0.05, 0) is 42.7 Å². The number of hydrogen-bond acceptors (Lipinski definition) is 4. The first-order valence-electron chi connectivity index (χ1n) is 9.83. The Kier molecular flexibility index (Phi) is 7.26. The molecule has 1 saturated carbocycles. The number of anilines is 1. The summed E-state index contributed by atoms with van der Waals surface area (Å²) in [5, 5.41) is 9.12. The molecule has 0 aliphatic heterocycles. The van der Waals surface area contributed by atoms with Crippen molar-refractivity contribution in [1.29, 1.82) is 0 Å². The molecular formula is C22H23FN4O3. The third kappa shape index (κ3) is 5.97. The van der Waals surface area contributed by atoms with E-state index in [2.05, 4.69) is 21.2 Å². The van der Waals surface area contributed by atoms with Crippen molar-refractivity contribution in [2.75, 3.05) is 5.32 Å². The minimum Gasteiger partial charge on any atom is -0.349 e. The Morgan fingerprint density at radius 2 is 1.63 bits per heavy atom. The standard InChI is InChI=1S/C22H23FN4O3/c23-16-12-10-15(11-13-16)14-24-27-22(30)21(29)26-19-9-5-4-8-18(19)20(28)25-17-6-2-1-3-7-17/h4-5,8-14,17H,1-3,6-7H2,(H,25,28)(H,26,29)(H,27,30)/b24-14-. The largest absolute Gasteiger partial charge is 0.349 e. The summed E-state index contributed by atoms with van der Waals surface area (Å²) >= 11 is 0. The van der Waals surface area contributed by atoms with Crippen LogP contribution in [0.2, 0.25) is 0 Å². The van der Waals surface area contributed by atoms with E-state index >= 15 is 0 Å². The summed E-state index contributed by atoms with van der Waals surface area (Å²) in [6, 6.07) is 12.1. The highest BCUT2D eigenvalue weighted by molar-refractivity contribution is 6.40. The second-order valence-corrected chi connectivity index (χ2v) is 7.06. The molecule has 2 aromatic rings. The Bertz CT molecular complexity index is 938. The predicted octanol–water partition coefficient (Wildman–Crippen LogP) is 2.98. The van der Waals surface area contributed by atoms with E-state index in [1.165, 1.54) is 36.9 Å². The van der Waals surface area contributed by atoms with Crippen LogP contribution in [0.4, 0.5) is 10.1 Å². The normalized spacial score (nSPS) is 14.3. The van der Waals surface area contributed by atoms with E-state index in [0.29, 0.717) is 11.1 Å². The number of nitrogens with zero attached hydrogens (tertiary/aromatic N) is 1. The fourth-order valence-electron chi connectivity index (χ4n) is 3.24. The highest BCUT2D eigenvalue weighted by Crippen LogP contribution is 2.20. The van der Waals surface area contributed by atoms with E-state index in [1.54, 1.807) is 24.3 Å². The van der Waals surface area contributed by atoms with E-state index in [1.807, 2.05) is 0 Å². The SMILES string of the molecule is O=C(N/N=C\c1ccc(F)cc1)C(=O)Nc1ccccc1C(=O)NC1CCCCC1. The summed E-state index contributed by atoms with van der Waals surface area (Å²) in [6.45, 7) is 0. The lowest BCUT2D eigenvalue weighted by Crippen LogP contribution is -2.37. The molecule has 3 rings (SSSR count). The van der Waals surface area contributed by atoms with Gasteiger partial charge in [0.2, 0.25) is 0 Å². The van der Waals surface area contributed by atoms with Crippen LogP contribution in [0.15, 0.2) is 53.6 Å². The van der Waals surface area contributed by atoms with Gasteiger partial charge in [-0.25, -0.2) is 9.82 Å². The van der Waals surface area contributed by atoms with Crippen LogP contribution in [0.25, 0.3) is 0 Å². The lowest BCUT2D eigenvalue weighted by atomic mass is 9.95. The summed E-state index contributed by atoms with van der Waals surface area (Å²) in [5.74, 6) is -2.62. The first-order valence-corrected chi connectivity index (χ1v) is 9.83. The topological polar surface area (TPSA) is 99.7 Å². The molecule has 1 aliphatic carbocycles. The molecule has 30 heavy (non-hydrogen) atoms. The summed E-state index contributed by atoms with van der Waals surface area (Å²) in [4.78, 5) is 36.8. The fourth-order valence-corrected chi connectivity index (χ4v) is 3.24. The van der Waals surface area contributed by atoms with Crippen molar-refractivity contribution < 1.29 is 18.8 Å². The molecule has 7 nitrogen and oxygen atoms in total. The smallest absolute Gasteiger partial charge is 0.329 e. The van der Waals surface area contributed by atoms with E-state index in [9.17, 15) is 18.8 Å². The zero-order valence-electron chi connectivity index (χ0n) is 16.4. The molecule has 3 amide bonds. The van der Waals surface area contributed by atoms with Crippen molar-refractivity contribution >= 4 is 29.6 Å². The molecule has 0 spiro atoms. The average Bonchev–Trinajstić information content (AvgIpc) is 2.76. The Labute approximate surface area is 173 Å². The number of halogens is 1. The van der Waals surface area contributed by atoms with Gasteiger partial charge in [-0.2, -0.15) is 5.10 Å². The van der Waals surface area contributed by atoms with Gasteiger partial charge in [0.1, 0.15) is 5.82 Å². The summed E-state index contributed by atoms with van der Waals surface area (Å²) in [7, 11) is 0. The van der Waals surface area contributed by atoms with Gasteiger partial charge in [0.05, 0.1) is 17.5 Å². The number of nitrogens with one attached hydrogen (secondary N) is 3. The molecule has 1 aliphatic rings. The van der Waals surface area contributed by atoms with Gasteiger partial charge in [-0.3, -0.25) is 14.4 Å². The van der Waals surface area contributed by atoms with Crippen LogP contribution in [0, 0.1) is 5.82 Å². The van der Waals surface area contributed by atoms with Crippen molar-refractivity contribution in [1.82, 2.24) is 10.7 Å². The monoisotopic (exact) mass is 410 g/mol. The Hall–Kier alpha value is -3.55. The van der Waals surface area contributed by atoms with E-state index in [0.717, 1.165) is 25.7 Å². The van der Waals surface area contributed by atoms with Gasteiger partial charge < -0.3 is 10.6 Å². The first kappa shape index (κ1) is 21.2. The Morgan fingerprint density at radius 3 is 2.37 bits per heavy atom. The fraction of sp³-hybridized carbons (Fsp3) is 0.273. The molecule has 0 bridgehead atoms. The number of para-hydroxylation sites is 1. The first-order chi connectivity index (χ1) is 14.5. The van der Waals surface area contributed by atoms with Crippen LogP contribution < -0.4 is 16.1 Å². The number of amides is 3. The molecule has 0 heterocycles. The van der Waals surface area contributed by atoms with Gasteiger partial charge in [0, 0.05) is 6.04 Å². The van der Waals surface area contributed by atoms with Crippen molar-refractivity contribution in [3.8, 4) is 0 Å². The van der Waals surface area contributed by atoms with Crippen LogP contribution in [0.3, 0.4) is 0 Å². The zero-order chi connectivity index (χ0) is 21.3. The number of rotatable bonds is 5. The van der Waals surface area contributed by atoms with Crippen LogP contribution >= 0.6 is 0 Å². The van der Waals surface area contributed by atoms with Crippen LogP contribution in [-0.4, -0.2) is 30.0 Å². The third-order valence-corrected chi connectivity index (χ3v) is 4.82. The quantitative estimate of drug-likeness (QED) is 0.401. The van der Waals surface area contributed by atoms with Crippen molar-refractivity contribution in [2.45, 2.75) is 38.1 Å². The molecule has 2 aromatic carbocycles. The minimum atomic E-state index is -0.990. The molecule has 156 valence electrons. The summed E-state index contributed by atoms with van der Waals surface area (Å²) < 4.78 is 12.9. The highest BCUT2D eigenvalue weighted by Gasteiger charge is 2.20. The molecule has 1 fully saturated rings. The number of hydrogen-bond donors (Lipinski definition) is 3. The second-order valence-electron chi connectivity index (χ2n) is 7.06. The maximum Gasteiger partial charge on any atom is 0.329 e. The third-order valence-electron chi connectivity index (χ3n) is 4.82. The van der Waals surface area contributed by atoms with Crippen molar-refractivity contribution in [3.05, 3.63) is 65.5 Å². The van der Waals surface area contributed by atoms with Gasteiger partial charge in [-0.1, -0.05) is 43.5 Å². The number of carbonyl (C=O) groups excluding carboxylic acids is 3. The molecule has 0 radical (unpaired) electrons. The van der Waals surface area contributed by atoms with Gasteiger partial charge in [-0.15, -0.1) is 0 Å². The average molecular weight is 410 g/mol. The predicted molar refractivity (Wildman–Crippen MR) is 112 cm³/mol. The maximum absolute atomic E-state index is 12.9. The second kappa shape index (κ2) is 10.3. The summed E-state index contributed by atoms with van der Waals surface area (Å²) in [6.07, 6.45) is 6.52. The Balaban J connectivity index is 1.58. The van der Waals surface area contributed by atoms with Crippen LogP contribution in [0.1, 0.15) is 48.0 Å². The number of carbonyl (C=O) groups is 3. The lowest BCUT2D eigenvalue weighted by Gasteiger charge is -2.23. The van der Waals surface area contributed by atoms with Crippen molar-refractivity contribution in [2.24, 2.45) is 5.10 Å². The Morgan fingerprint density at radius 1 is 0.933 bits per heavy atom. The molecule has 3 N–H and O–H groups in total. The highest BCUT2D eigenvalue weighted by atomic mass is 19.1. The molecule has 0 atom stereocenters. The maximum atomic E-state index is 12.9. The van der Waals surface area contributed by atoms with Gasteiger partial charge >= 0.3 is 11.8 Å². The van der Waals surface area contributed by atoms with E-state index in [4.69, 9.17) is 0 Å². The minimum absolute atomic E-state index is 0.124. The molecule has 0 unspecified atom stereocenters. The lowest BCUT2D eigenvalue weighted by molar-refractivity contribution is -0.136. The van der Waals surface area contributed by atoms with Gasteiger partial charge in [0.25, 0.3) is 5.91 Å². The number of hydrazone groups is 1. The molecular weight excluding hydrogens is 387 g/mol. The van der Waals surface area contributed by atoms with Gasteiger partial charge in [0.15, 0.2) is 0 Å². The zero-order valence-corrected chi connectivity index (χ0v) is 16.4. The van der Waals surface area contributed by atoms with Crippen LogP contribution in [-0.2, 0) is 9.59 Å².